The molecule has 0 amide bonds. The third-order valence-corrected chi connectivity index (χ3v) is 10.9. The predicted octanol–water partition coefficient (Wildman–Crippen LogP) is 8.66. The van der Waals surface area contributed by atoms with Crippen LogP contribution in [-0.2, 0) is 31.0 Å². The van der Waals surface area contributed by atoms with Gasteiger partial charge in [-0.25, -0.2) is 0 Å². The van der Waals surface area contributed by atoms with Crippen LogP contribution in [0.15, 0.2) is 78.4 Å². The van der Waals surface area contributed by atoms with Crippen molar-refractivity contribution >= 4 is 24.3 Å². The molecule has 2 aliphatic carbocycles. The van der Waals surface area contributed by atoms with Gasteiger partial charge in [-0.3, -0.25) is 14.4 Å². The topological polar surface area (TPSA) is 102 Å². The van der Waals surface area contributed by atoms with Gasteiger partial charge in [-0.2, -0.15) is 0 Å². The van der Waals surface area contributed by atoms with Crippen LogP contribution in [0.4, 0.5) is 0 Å². The number of unbranched alkanes of at least 4 members (excludes halogenated alkanes) is 2. The molecule has 2 bridgehead atoms. The zero-order valence-corrected chi connectivity index (χ0v) is 32.3. The molecular weight excluding hydrogens is 666 g/mol. The maximum Gasteiger partial charge on any atom is 0.308 e. The van der Waals surface area contributed by atoms with E-state index in [0.29, 0.717) is 29.2 Å². The number of likely N-dealkylation sites (tertiary alicyclic amines) is 1. The molecule has 5 atom stereocenters. The first-order chi connectivity index (χ1) is 25.4. The van der Waals surface area contributed by atoms with E-state index in [1.54, 1.807) is 6.07 Å². The Morgan fingerprint density at radius 1 is 1.04 bits per heavy atom. The van der Waals surface area contributed by atoms with E-state index in [1.807, 2.05) is 67.6 Å². The van der Waals surface area contributed by atoms with Gasteiger partial charge < -0.3 is 24.2 Å². The zero-order chi connectivity index (χ0) is 38.3. The Balaban J connectivity index is 0.000000176. The Kier molecular flexibility index (Phi) is 13.0. The van der Waals surface area contributed by atoms with E-state index in [2.05, 4.69) is 44.9 Å². The SMILES string of the molecule is CC(=O)Oc1ccc2c3c1O[C@H]1[C@@H](OC(C)=O)C=C[C@H]4[C@@H](C2)N(C)CC[C@@]341.CCCCC/C(C=O)=C/c1ccccc1.Cc1ccc(C(C)C)c(O)c1. The number of rotatable bonds is 9. The highest BCUT2D eigenvalue weighted by Crippen LogP contribution is 2.62. The van der Waals surface area contributed by atoms with Crippen LogP contribution in [0.1, 0.15) is 100 Å². The zero-order valence-electron chi connectivity index (χ0n) is 32.3. The molecule has 0 radical (unpaired) electrons. The fraction of sp³-hybridized carbons (Fsp3) is 0.444. The number of carbonyl (C=O) groups excluding carboxylic acids is 3. The molecule has 0 unspecified atom stereocenters. The lowest BCUT2D eigenvalue weighted by atomic mass is 9.53. The number of nitrogens with zero attached hydrogens (tertiary/aromatic N) is 1. The molecule has 8 heteroatoms. The van der Waals surface area contributed by atoms with Crippen LogP contribution >= 0.6 is 0 Å². The van der Waals surface area contributed by atoms with Crippen molar-refractivity contribution in [3.05, 3.63) is 106 Å². The Morgan fingerprint density at radius 3 is 2.43 bits per heavy atom. The first kappa shape index (κ1) is 39.5. The Bertz CT molecular complexity index is 1830. The van der Waals surface area contributed by atoms with Gasteiger partial charge >= 0.3 is 11.9 Å². The van der Waals surface area contributed by atoms with Crippen molar-refractivity contribution in [2.45, 2.75) is 110 Å². The minimum Gasteiger partial charge on any atom is -0.508 e. The summed E-state index contributed by atoms with van der Waals surface area (Å²) in [6, 6.07) is 20.1. The Hall–Kier alpha value is -4.69. The third kappa shape index (κ3) is 8.76. The largest absolute Gasteiger partial charge is 0.508 e. The monoisotopic (exact) mass is 721 g/mol. The summed E-state index contributed by atoms with van der Waals surface area (Å²) >= 11 is 0. The number of aromatic hydroxyl groups is 1. The minimum absolute atomic E-state index is 0.245. The van der Waals surface area contributed by atoms with E-state index in [0.717, 1.165) is 66.3 Å². The molecule has 1 spiro atoms. The van der Waals surface area contributed by atoms with E-state index in [4.69, 9.17) is 14.2 Å². The number of ether oxygens (including phenoxy) is 3. The number of phenols is 1. The molecule has 282 valence electrons. The van der Waals surface area contributed by atoms with Gasteiger partial charge in [0.1, 0.15) is 18.1 Å². The molecule has 3 aromatic rings. The van der Waals surface area contributed by atoms with Gasteiger partial charge in [0, 0.05) is 36.8 Å². The first-order valence-corrected chi connectivity index (χ1v) is 19.0. The summed E-state index contributed by atoms with van der Waals surface area (Å²) in [5.74, 6) is 1.53. The van der Waals surface area contributed by atoms with E-state index >= 15 is 0 Å². The lowest BCUT2D eigenvalue weighted by molar-refractivity contribution is -0.152. The molecule has 3 aromatic carbocycles. The van der Waals surface area contributed by atoms with Crippen molar-refractivity contribution < 1.29 is 33.7 Å². The number of hydrogen-bond acceptors (Lipinski definition) is 8. The average molecular weight is 722 g/mol. The molecule has 1 saturated heterocycles. The minimum atomic E-state index is -0.439. The Morgan fingerprint density at radius 2 is 1.79 bits per heavy atom. The van der Waals surface area contributed by atoms with Crippen LogP contribution in [0.25, 0.3) is 6.08 Å². The number of carbonyl (C=O) groups is 3. The average Bonchev–Trinajstić information content (AvgIpc) is 3.47. The summed E-state index contributed by atoms with van der Waals surface area (Å²) in [6.45, 7) is 12.1. The number of phenolic OH excluding ortho intramolecular Hbond substituents is 1. The standard InChI is InChI=1S/C21H23NO5.C14H18O.C10H14O/c1-11(23)25-16-6-4-13-10-15-14-5-7-17(26-12(2)24)20-21(14,8-9-22(15)3)18(13)19(16)27-20;1-2-3-5-10-14(12-15)11-13-8-6-4-7-9-13;1-7(2)9-5-4-8(3)6-10(9)11/h4-7,14-15,17,20H,8-10H2,1-3H3;4,6-9,11-12H,2-3,5,10H2,1H3;4-7,11H,1-3H3/b;14-11-;/t14-,15+,17-,20-,21-;;/m0../s1. The molecule has 4 aliphatic rings. The Labute approximate surface area is 314 Å². The molecule has 8 nitrogen and oxygen atoms in total. The van der Waals surface area contributed by atoms with Crippen LogP contribution in [0.5, 0.6) is 17.2 Å². The normalized spacial score (nSPS) is 23.4. The van der Waals surface area contributed by atoms with Crippen molar-refractivity contribution in [3.8, 4) is 17.2 Å². The molecule has 1 N–H and O–H groups in total. The lowest BCUT2D eigenvalue weighted by Crippen LogP contribution is -2.65. The first-order valence-electron chi connectivity index (χ1n) is 19.0. The smallest absolute Gasteiger partial charge is 0.308 e. The molecule has 0 saturated carbocycles. The highest BCUT2D eigenvalue weighted by molar-refractivity contribution is 5.81. The second-order valence-corrected chi connectivity index (χ2v) is 15.0. The van der Waals surface area contributed by atoms with Crippen molar-refractivity contribution in [1.82, 2.24) is 4.90 Å². The summed E-state index contributed by atoms with van der Waals surface area (Å²) < 4.78 is 17.5. The van der Waals surface area contributed by atoms with Crippen LogP contribution in [0, 0.1) is 12.8 Å². The van der Waals surface area contributed by atoms with Crippen LogP contribution < -0.4 is 9.47 Å². The number of aldehydes is 1. The number of hydrogen-bond donors (Lipinski definition) is 1. The molecule has 0 aromatic heterocycles. The van der Waals surface area contributed by atoms with Crippen molar-refractivity contribution in [1.29, 1.82) is 0 Å². The lowest BCUT2D eigenvalue weighted by Gasteiger charge is -2.56. The van der Waals surface area contributed by atoms with Gasteiger partial charge in [-0.05, 0) is 104 Å². The molecule has 53 heavy (non-hydrogen) atoms. The van der Waals surface area contributed by atoms with E-state index < -0.39 is 6.10 Å². The highest BCUT2D eigenvalue weighted by atomic mass is 16.6. The quantitative estimate of drug-likeness (QED) is 0.0585. The van der Waals surface area contributed by atoms with Gasteiger partial charge in [-0.15, -0.1) is 0 Å². The van der Waals surface area contributed by atoms with Gasteiger partial charge in [0.05, 0.1) is 0 Å². The van der Waals surface area contributed by atoms with Crippen LogP contribution in [0.3, 0.4) is 0 Å². The number of likely N-dealkylation sites (N-methyl/N-ethyl adjacent to an activating group) is 1. The van der Waals surface area contributed by atoms with Gasteiger partial charge in [0.2, 0.25) is 0 Å². The van der Waals surface area contributed by atoms with Crippen molar-refractivity contribution in [2.24, 2.45) is 5.92 Å². The number of piperidine rings is 1. The molecule has 7 rings (SSSR count). The summed E-state index contributed by atoms with van der Waals surface area (Å²) in [5.41, 5.74) is 6.29. The second-order valence-electron chi connectivity index (χ2n) is 15.0. The van der Waals surface area contributed by atoms with E-state index in [1.165, 1.54) is 32.3 Å². The van der Waals surface area contributed by atoms with E-state index in [9.17, 15) is 19.5 Å². The molecular formula is C45H55NO7. The van der Waals surface area contributed by atoms with Crippen molar-refractivity contribution in [3.63, 3.8) is 0 Å². The van der Waals surface area contributed by atoms with Gasteiger partial charge in [-0.1, -0.05) is 88.2 Å². The fourth-order valence-electron chi connectivity index (χ4n) is 8.39. The maximum absolute atomic E-state index is 11.7. The summed E-state index contributed by atoms with van der Waals surface area (Å²) in [4.78, 5) is 36.5. The summed E-state index contributed by atoms with van der Waals surface area (Å²) in [5, 5.41) is 9.46. The number of allylic oxidation sites excluding steroid dienone is 1. The fourth-order valence-corrected chi connectivity index (χ4v) is 8.39. The second kappa shape index (κ2) is 17.4. The highest BCUT2D eigenvalue weighted by Gasteiger charge is 2.65. The van der Waals surface area contributed by atoms with E-state index in [-0.39, 0.29) is 29.4 Å². The third-order valence-electron chi connectivity index (χ3n) is 10.9. The molecule has 2 aliphatic heterocycles. The summed E-state index contributed by atoms with van der Waals surface area (Å²) in [7, 11) is 2.17. The van der Waals surface area contributed by atoms with Crippen LogP contribution in [-0.4, -0.2) is 60.1 Å². The predicted molar refractivity (Wildman–Crippen MR) is 208 cm³/mol. The number of esters is 2. The number of aryl methyl sites for hydroxylation is 1. The molecule has 2 heterocycles. The van der Waals surface area contributed by atoms with Crippen molar-refractivity contribution in [2.75, 3.05) is 13.6 Å². The molecule has 1 fully saturated rings. The number of benzene rings is 3. The van der Waals surface area contributed by atoms with Gasteiger partial charge in [0.25, 0.3) is 0 Å². The summed E-state index contributed by atoms with van der Waals surface area (Å²) in [6.07, 6.45) is 12.6. The van der Waals surface area contributed by atoms with Crippen LogP contribution in [0.2, 0.25) is 0 Å². The van der Waals surface area contributed by atoms with Gasteiger partial charge in [0.15, 0.2) is 17.6 Å². The maximum atomic E-state index is 11.7.